The van der Waals surface area contributed by atoms with Crippen molar-refractivity contribution in [3.63, 3.8) is 0 Å². The van der Waals surface area contributed by atoms with E-state index in [0.29, 0.717) is 12.6 Å². The Morgan fingerprint density at radius 3 is 2.00 bits per heavy atom. The van der Waals surface area contributed by atoms with Crippen LogP contribution in [0.4, 0.5) is 0 Å². The molecule has 6 nitrogen and oxygen atoms in total. The highest BCUT2D eigenvalue weighted by Gasteiger charge is 2.18. The van der Waals surface area contributed by atoms with Crippen molar-refractivity contribution in [3.8, 4) is 28.4 Å². The van der Waals surface area contributed by atoms with E-state index in [9.17, 15) is 24.9 Å². The lowest BCUT2D eigenvalue weighted by Gasteiger charge is -2.14. The number of carbonyl (C=O) groups is 2. The maximum absolute atomic E-state index is 11.0. The van der Waals surface area contributed by atoms with Crippen molar-refractivity contribution in [1.82, 2.24) is 0 Å². The molecule has 0 atom stereocenters. The molecule has 0 aromatic heterocycles. The zero-order valence-electron chi connectivity index (χ0n) is 11.7. The van der Waals surface area contributed by atoms with Gasteiger partial charge in [0.2, 0.25) is 0 Å². The number of aliphatic hydroxyl groups is 1. The largest absolute Gasteiger partial charge is 0.507 e. The van der Waals surface area contributed by atoms with Crippen LogP contribution in [0.5, 0.6) is 17.2 Å². The SMILES string of the molecule is COc1cc(C=O)cc(-c2cc(C=O)cc(CO)c2O)c1O. The smallest absolute Gasteiger partial charge is 0.165 e. The third kappa shape index (κ3) is 2.64. The molecule has 3 N–H and O–H groups in total. The minimum Gasteiger partial charge on any atom is -0.507 e. The van der Waals surface area contributed by atoms with E-state index in [0.717, 1.165) is 0 Å². The lowest BCUT2D eigenvalue weighted by molar-refractivity contribution is 0.111. The summed E-state index contributed by atoms with van der Waals surface area (Å²) in [5, 5.41) is 29.7. The first-order valence-electron chi connectivity index (χ1n) is 6.34. The van der Waals surface area contributed by atoms with E-state index in [2.05, 4.69) is 0 Å². The number of aliphatic hydroxyl groups excluding tert-OH is 1. The predicted octanol–water partition coefficient (Wildman–Crippen LogP) is 1.89. The van der Waals surface area contributed by atoms with Crippen LogP contribution in [-0.2, 0) is 6.61 Å². The lowest BCUT2D eigenvalue weighted by Crippen LogP contribution is -1.95. The molecule has 0 saturated heterocycles. The molecular formula is C16H14O6. The molecule has 2 aromatic carbocycles. The molecule has 0 amide bonds. The second kappa shape index (κ2) is 6.28. The highest BCUT2D eigenvalue weighted by molar-refractivity contribution is 5.88. The van der Waals surface area contributed by atoms with Crippen molar-refractivity contribution in [1.29, 1.82) is 0 Å². The van der Waals surface area contributed by atoms with Crippen molar-refractivity contribution in [2.24, 2.45) is 0 Å². The molecule has 0 radical (unpaired) electrons. The van der Waals surface area contributed by atoms with Crippen molar-refractivity contribution >= 4 is 12.6 Å². The van der Waals surface area contributed by atoms with Gasteiger partial charge in [0.1, 0.15) is 18.3 Å². The quantitative estimate of drug-likeness (QED) is 0.729. The minimum absolute atomic E-state index is 0.0565. The fourth-order valence-corrected chi connectivity index (χ4v) is 2.17. The molecule has 2 rings (SSSR count). The highest BCUT2D eigenvalue weighted by atomic mass is 16.5. The van der Waals surface area contributed by atoms with Gasteiger partial charge in [-0.05, 0) is 24.3 Å². The van der Waals surface area contributed by atoms with Gasteiger partial charge >= 0.3 is 0 Å². The van der Waals surface area contributed by atoms with Gasteiger partial charge in [-0.15, -0.1) is 0 Å². The molecular weight excluding hydrogens is 288 g/mol. The average Bonchev–Trinajstić information content (AvgIpc) is 2.55. The zero-order valence-corrected chi connectivity index (χ0v) is 11.7. The molecule has 0 aliphatic rings. The van der Waals surface area contributed by atoms with Gasteiger partial charge in [0.15, 0.2) is 11.5 Å². The number of hydrogen-bond acceptors (Lipinski definition) is 6. The number of phenolic OH excluding ortho intramolecular Hbond substituents is 1. The fraction of sp³-hybridized carbons (Fsp3) is 0.125. The number of rotatable bonds is 5. The third-order valence-corrected chi connectivity index (χ3v) is 3.26. The second-order valence-corrected chi connectivity index (χ2v) is 4.59. The summed E-state index contributed by atoms with van der Waals surface area (Å²) in [6.45, 7) is -0.480. The Morgan fingerprint density at radius 2 is 1.50 bits per heavy atom. The monoisotopic (exact) mass is 302 g/mol. The van der Waals surface area contributed by atoms with Crippen molar-refractivity contribution in [2.75, 3.05) is 7.11 Å². The summed E-state index contributed by atoms with van der Waals surface area (Å²) in [6, 6.07) is 5.39. The second-order valence-electron chi connectivity index (χ2n) is 4.59. The number of ether oxygens (including phenoxy) is 1. The molecule has 0 aliphatic heterocycles. The minimum atomic E-state index is -0.480. The molecule has 0 aliphatic carbocycles. The molecule has 22 heavy (non-hydrogen) atoms. The van der Waals surface area contributed by atoms with Crippen LogP contribution in [0.3, 0.4) is 0 Å². The summed E-state index contributed by atoms with van der Waals surface area (Å²) in [5.74, 6) is -0.509. The number of carbonyl (C=O) groups excluding carboxylic acids is 2. The van der Waals surface area contributed by atoms with Crippen molar-refractivity contribution in [2.45, 2.75) is 6.61 Å². The van der Waals surface area contributed by atoms with Gasteiger partial charge in [-0.2, -0.15) is 0 Å². The molecule has 114 valence electrons. The van der Waals surface area contributed by atoms with E-state index < -0.39 is 6.61 Å². The Kier molecular flexibility index (Phi) is 4.43. The van der Waals surface area contributed by atoms with E-state index in [1.54, 1.807) is 0 Å². The maximum atomic E-state index is 11.0. The number of methoxy groups -OCH3 is 1. The summed E-state index contributed by atoms with van der Waals surface area (Å²) in [6.07, 6.45) is 1.12. The Balaban J connectivity index is 2.80. The topological polar surface area (TPSA) is 104 Å². The van der Waals surface area contributed by atoms with Crippen LogP contribution in [-0.4, -0.2) is 35.0 Å². The van der Waals surface area contributed by atoms with Gasteiger partial charge in [0, 0.05) is 27.8 Å². The average molecular weight is 302 g/mol. The van der Waals surface area contributed by atoms with Gasteiger partial charge in [-0.1, -0.05) is 0 Å². The first-order chi connectivity index (χ1) is 10.5. The van der Waals surface area contributed by atoms with Gasteiger partial charge in [-0.25, -0.2) is 0 Å². The summed E-state index contributed by atoms with van der Waals surface area (Å²) >= 11 is 0. The van der Waals surface area contributed by atoms with Crippen LogP contribution < -0.4 is 4.74 Å². The molecule has 0 spiro atoms. The number of hydrogen-bond donors (Lipinski definition) is 3. The van der Waals surface area contributed by atoms with Crippen LogP contribution >= 0.6 is 0 Å². The first-order valence-corrected chi connectivity index (χ1v) is 6.34. The molecule has 2 aromatic rings. The Labute approximate surface area is 126 Å². The molecule has 0 saturated carbocycles. The van der Waals surface area contributed by atoms with Gasteiger partial charge in [0.25, 0.3) is 0 Å². The zero-order chi connectivity index (χ0) is 16.3. The van der Waals surface area contributed by atoms with E-state index in [-0.39, 0.29) is 45.1 Å². The van der Waals surface area contributed by atoms with Crippen LogP contribution in [0, 0.1) is 0 Å². The Hall–Kier alpha value is -2.86. The summed E-state index contributed by atoms with van der Waals surface area (Å²) in [7, 11) is 1.33. The number of aromatic hydroxyl groups is 2. The Bertz CT molecular complexity index is 672. The summed E-state index contributed by atoms with van der Waals surface area (Å²) in [5.41, 5.74) is 0.817. The molecule has 0 bridgehead atoms. The molecule has 0 fully saturated rings. The molecule has 0 unspecified atom stereocenters. The maximum Gasteiger partial charge on any atom is 0.165 e. The normalized spacial score (nSPS) is 10.3. The van der Waals surface area contributed by atoms with E-state index >= 15 is 0 Å². The summed E-state index contributed by atoms with van der Waals surface area (Å²) < 4.78 is 4.99. The van der Waals surface area contributed by atoms with E-state index in [1.807, 2.05) is 0 Å². The number of benzene rings is 2. The van der Waals surface area contributed by atoms with Crippen molar-refractivity contribution in [3.05, 3.63) is 41.0 Å². The molecule has 0 heterocycles. The van der Waals surface area contributed by atoms with E-state index in [4.69, 9.17) is 4.74 Å². The van der Waals surface area contributed by atoms with Crippen molar-refractivity contribution < 1.29 is 29.6 Å². The van der Waals surface area contributed by atoms with Gasteiger partial charge in [0.05, 0.1) is 13.7 Å². The Morgan fingerprint density at radius 1 is 0.955 bits per heavy atom. The fourth-order valence-electron chi connectivity index (χ4n) is 2.17. The third-order valence-electron chi connectivity index (χ3n) is 3.26. The lowest BCUT2D eigenvalue weighted by atomic mass is 9.96. The van der Waals surface area contributed by atoms with Gasteiger partial charge < -0.3 is 20.1 Å². The molecule has 6 heteroatoms. The number of phenols is 2. The first kappa shape index (κ1) is 15.5. The van der Waals surface area contributed by atoms with Crippen LogP contribution in [0.15, 0.2) is 24.3 Å². The van der Waals surface area contributed by atoms with Crippen LogP contribution in [0.2, 0.25) is 0 Å². The van der Waals surface area contributed by atoms with Crippen LogP contribution in [0.25, 0.3) is 11.1 Å². The van der Waals surface area contributed by atoms with Crippen LogP contribution in [0.1, 0.15) is 26.3 Å². The number of aldehydes is 2. The summed E-state index contributed by atoms with van der Waals surface area (Å²) in [4.78, 5) is 22.0. The van der Waals surface area contributed by atoms with Gasteiger partial charge in [-0.3, -0.25) is 9.59 Å². The standard InChI is InChI=1S/C16H14O6/c1-22-14-5-10(7-18)4-13(16(14)21)12-3-9(6-17)2-11(8-19)15(12)20/h2-7,19-21H,8H2,1H3. The predicted molar refractivity (Wildman–Crippen MR) is 78.5 cm³/mol. The van der Waals surface area contributed by atoms with E-state index in [1.165, 1.54) is 31.4 Å². The highest BCUT2D eigenvalue weighted by Crippen LogP contribution is 2.43.